The number of nitrogens with zero attached hydrogens (tertiary/aromatic N) is 1. The smallest absolute Gasteiger partial charge is 0.228 e. The van der Waals surface area contributed by atoms with Gasteiger partial charge in [0, 0.05) is 18.5 Å². The Labute approximate surface area is 112 Å². The molecule has 0 aromatic rings. The lowest BCUT2D eigenvalue weighted by molar-refractivity contribution is -0.138. The monoisotopic (exact) mass is 249 g/mol. The van der Waals surface area contributed by atoms with Gasteiger partial charge in [0.05, 0.1) is 0 Å². The molecule has 18 heavy (non-hydrogen) atoms. The summed E-state index contributed by atoms with van der Waals surface area (Å²) in [5.41, 5.74) is -0.280. The molecular weight excluding hydrogens is 222 g/mol. The summed E-state index contributed by atoms with van der Waals surface area (Å²) >= 11 is 0. The van der Waals surface area contributed by atoms with E-state index in [4.69, 9.17) is 0 Å². The molecule has 1 atom stereocenters. The first kappa shape index (κ1) is 15.0. The summed E-state index contributed by atoms with van der Waals surface area (Å²) in [5.74, 6) is 0.900. The Balaban J connectivity index is 2.46. The van der Waals surface area contributed by atoms with Crippen molar-refractivity contribution in [2.45, 2.75) is 47.0 Å². The standard InChI is InChI=1S/C16H27NO/c1-5-17(15(18)16(2,3)4)13-9-12-14-10-7-6-8-11-14/h6-7,9,12,14H,5,8,10-11,13H2,1-4H3/b12-9+. The fourth-order valence-electron chi connectivity index (χ4n) is 2.20. The lowest BCUT2D eigenvalue weighted by Crippen LogP contribution is -2.39. The van der Waals surface area contributed by atoms with Gasteiger partial charge in [-0.2, -0.15) is 0 Å². The fourth-order valence-corrected chi connectivity index (χ4v) is 2.20. The highest BCUT2D eigenvalue weighted by atomic mass is 16.2. The van der Waals surface area contributed by atoms with Gasteiger partial charge < -0.3 is 4.90 Å². The summed E-state index contributed by atoms with van der Waals surface area (Å²) in [6.07, 6.45) is 12.5. The summed E-state index contributed by atoms with van der Waals surface area (Å²) in [5, 5.41) is 0. The molecule has 0 bridgehead atoms. The predicted molar refractivity (Wildman–Crippen MR) is 77.3 cm³/mol. The van der Waals surface area contributed by atoms with Gasteiger partial charge in [-0.1, -0.05) is 45.1 Å². The summed E-state index contributed by atoms with van der Waals surface area (Å²) in [7, 11) is 0. The Bertz CT molecular complexity index is 322. The van der Waals surface area contributed by atoms with Crippen molar-refractivity contribution in [3.63, 3.8) is 0 Å². The van der Waals surface area contributed by atoms with Gasteiger partial charge in [0.15, 0.2) is 0 Å². The number of amides is 1. The molecule has 102 valence electrons. The minimum absolute atomic E-state index is 0.234. The molecule has 0 saturated carbocycles. The van der Waals surface area contributed by atoms with Crippen LogP contribution in [0.2, 0.25) is 0 Å². The van der Waals surface area contributed by atoms with E-state index in [1.807, 2.05) is 32.6 Å². The summed E-state index contributed by atoms with van der Waals surface area (Å²) in [4.78, 5) is 14.1. The number of rotatable bonds is 4. The first-order valence-electron chi connectivity index (χ1n) is 7.06. The molecular formula is C16H27NO. The zero-order valence-corrected chi connectivity index (χ0v) is 12.3. The van der Waals surface area contributed by atoms with Gasteiger partial charge in [0.1, 0.15) is 0 Å². The highest BCUT2D eigenvalue weighted by Crippen LogP contribution is 2.20. The number of likely N-dealkylation sites (N-methyl/N-ethyl adjacent to an activating group) is 1. The molecule has 1 rings (SSSR count). The highest BCUT2D eigenvalue weighted by molar-refractivity contribution is 5.81. The van der Waals surface area contributed by atoms with Gasteiger partial charge in [-0.25, -0.2) is 0 Å². The maximum atomic E-state index is 12.2. The minimum atomic E-state index is -0.280. The third-order valence-electron chi connectivity index (χ3n) is 3.35. The zero-order valence-electron chi connectivity index (χ0n) is 12.3. The van der Waals surface area contributed by atoms with E-state index < -0.39 is 0 Å². The van der Waals surface area contributed by atoms with Crippen LogP contribution in [0.5, 0.6) is 0 Å². The highest BCUT2D eigenvalue weighted by Gasteiger charge is 2.25. The largest absolute Gasteiger partial charge is 0.339 e. The fraction of sp³-hybridized carbons (Fsp3) is 0.688. The molecule has 1 unspecified atom stereocenters. The van der Waals surface area contributed by atoms with E-state index >= 15 is 0 Å². The van der Waals surface area contributed by atoms with Crippen molar-refractivity contribution < 1.29 is 4.79 Å². The normalized spacial score (nSPS) is 20.3. The van der Waals surface area contributed by atoms with Crippen molar-refractivity contribution >= 4 is 5.91 Å². The molecule has 1 aliphatic rings. The second kappa shape index (κ2) is 6.77. The first-order chi connectivity index (χ1) is 8.45. The predicted octanol–water partition coefficient (Wildman–Crippen LogP) is 3.79. The summed E-state index contributed by atoms with van der Waals surface area (Å²) in [6, 6.07) is 0. The van der Waals surface area contributed by atoms with Crippen LogP contribution in [-0.2, 0) is 4.79 Å². The number of allylic oxidation sites excluding steroid dienone is 3. The van der Waals surface area contributed by atoms with E-state index in [0.29, 0.717) is 5.92 Å². The van der Waals surface area contributed by atoms with Gasteiger partial charge in [0.25, 0.3) is 0 Å². The van der Waals surface area contributed by atoms with E-state index in [-0.39, 0.29) is 11.3 Å². The maximum Gasteiger partial charge on any atom is 0.228 e. The Hall–Kier alpha value is -1.05. The van der Waals surface area contributed by atoms with Crippen LogP contribution in [0.4, 0.5) is 0 Å². The number of hydrogen-bond acceptors (Lipinski definition) is 1. The third kappa shape index (κ3) is 4.67. The van der Waals surface area contributed by atoms with Crippen molar-refractivity contribution in [3.05, 3.63) is 24.3 Å². The molecule has 0 aromatic carbocycles. The van der Waals surface area contributed by atoms with E-state index in [9.17, 15) is 4.79 Å². The molecule has 0 heterocycles. The molecule has 2 heteroatoms. The minimum Gasteiger partial charge on any atom is -0.339 e. The van der Waals surface area contributed by atoms with Gasteiger partial charge in [-0.3, -0.25) is 4.79 Å². The van der Waals surface area contributed by atoms with Crippen LogP contribution in [0.25, 0.3) is 0 Å². The molecule has 0 fully saturated rings. The van der Waals surface area contributed by atoms with E-state index in [0.717, 1.165) is 19.5 Å². The molecule has 2 nitrogen and oxygen atoms in total. The zero-order chi connectivity index (χ0) is 13.6. The molecule has 0 aliphatic heterocycles. The van der Waals surface area contributed by atoms with Crippen molar-refractivity contribution in [3.8, 4) is 0 Å². The van der Waals surface area contributed by atoms with Gasteiger partial charge >= 0.3 is 0 Å². The average Bonchev–Trinajstić information content (AvgIpc) is 2.34. The van der Waals surface area contributed by atoms with Crippen LogP contribution in [0.1, 0.15) is 47.0 Å². The average molecular weight is 249 g/mol. The van der Waals surface area contributed by atoms with Crippen molar-refractivity contribution in [2.24, 2.45) is 11.3 Å². The Morgan fingerprint density at radius 3 is 2.61 bits per heavy atom. The van der Waals surface area contributed by atoms with E-state index in [2.05, 4.69) is 24.3 Å². The van der Waals surface area contributed by atoms with Crippen LogP contribution in [-0.4, -0.2) is 23.9 Å². The maximum absolute atomic E-state index is 12.2. The lowest BCUT2D eigenvalue weighted by Gasteiger charge is -2.27. The third-order valence-corrected chi connectivity index (χ3v) is 3.35. The van der Waals surface area contributed by atoms with Crippen LogP contribution in [0, 0.1) is 11.3 Å². The molecule has 0 radical (unpaired) electrons. The number of carbonyl (C=O) groups is 1. The molecule has 1 amide bonds. The quantitative estimate of drug-likeness (QED) is 0.694. The first-order valence-corrected chi connectivity index (χ1v) is 7.06. The molecule has 0 aromatic heterocycles. The SMILES string of the molecule is CCN(C/C=C/C1CC=CCC1)C(=O)C(C)(C)C. The van der Waals surface area contributed by atoms with Crippen molar-refractivity contribution in [1.82, 2.24) is 4.90 Å². The number of hydrogen-bond donors (Lipinski definition) is 0. The molecule has 0 saturated heterocycles. The van der Waals surface area contributed by atoms with Crippen molar-refractivity contribution in [1.29, 1.82) is 0 Å². The van der Waals surface area contributed by atoms with E-state index in [1.54, 1.807) is 0 Å². The molecule has 0 N–H and O–H groups in total. The van der Waals surface area contributed by atoms with Crippen LogP contribution in [0.3, 0.4) is 0 Å². The van der Waals surface area contributed by atoms with Gasteiger partial charge in [0.2, 0.25) is 5.91 Å². The topological polar surface area (TPSA) is 20.3 Å². The Morgan fingerprint density at radius 2 is 2.11 bits per heavy atom. The number of carbonyl (C=O) groups excluding carboxylic acids is 1. The van der Waals surface area contributed by atoms with Crippen molar-refractivity contribution in [2.75, 3.05) is 13.1 Å². The second-order valence-electron chi connectivity index (χ2n) is 6.07. The van der Waals surface area contributed by atoms with Crippen LogP contribution >= 0.6 is 0 Å². The van der Waals surface area contributed by atoms with Gasteiger partial charge in [-0.15, -0.1) is 0 Å². The molecule has 0 spiro atoms. The van der Waals surface area contributed by atoms with Crippen LogP contribution in [0.15, 0.2) is 24.3 Å². The van der Waals surface area contributed by atoms with Crippen LogP contribution < -0.4 is 0 Å². The summed E-state index contributed by atoms with van der Waals surface area (Å²) in [6.45, 7) is 9.51. The Kier molecular flexibility index (Phi) is 5.64. The second-order valence-corrected chi connectivity index (χ2v) is 6.07. The Morgan fingerprint density at radius 1 is 1.39 bits per heavy atom. The lowest BCUT2D eigenvalue weighted by atomic mass is 9.93. The van der Waals surface area contributed by atoms with E-state index in [1.165, 1.54) is 12.8 Å². The summed E-state index contributed by atoms with van der Waals surface area (Å²) < 4.78 is 0. The van der Waals surface area contributed by atoms with Gasteiger partial charge in [-0.05, 0) is 32.1 Å². The molecule has 1 aliphatic carbocycles.